The number of carbonyl (C=O) groups is 2. The summed E-state index contributed by atoms with van der Waals surface area (Å²) in [6.45, 7) is 4.32. The largest absolute Gasteiger partial charge is 0.348 e. The Morgan fingerprint density at radius 1 is 1.19 bits per heavy atom. The summed E-state index contributed by atoms with van der Waals surface area (Å²) in [5.74, 6) is -1.21. The van der Waals surface area contributed by atoms with Crippen molar-refractivity contribution >= 4 is 17.5 Å². The molecular weight excluding hydrogens is 204 g/mol. The fraction of sp³-hybridized carbons (Fsp3) is 0.333. The first-order valence-corrected chi connectivity index (χ1v) is 5.30. The molecule has 0 aliphatic rings. The van der Waals surface area contributed by atoms with Crippen LogP contribution in [-0.2, 0) is 9.59 Å². The molecule has 0 radical (unpaired) electrons. The fourth-order valence-electron chi connectivity index (χ4n) is 1.21. The SMILES string of the molecule is CCCNC(=O)C(=O)Nc1ccccc1C. The van der Waals surface area contributed by atoms with Crippen molar-refractivity contribution in [3.63, 3.8) is 0 Å². The lowest BCUT2D eigenvalue weighted by Gasteiger charge is -2.07. The molecule has 0 saturated heterocycles. The number of amides is 2. The molecule has 0 fully saturated rings. The quantitative estimate of drug-likeness (QED) is 0.758. The van der Waals surface area contributed by atoms with E-state index in [0.29, 0.717) is 12.2 Å². The van der Waals surface area contributed by atoms with Gasteiger partial charge in [-0.05, 0) is 25.0 Å². The first kappa shape index (κ1) is 12.2. The van der Waals surface area contributed by atoms with Crippen LogP contribution in [-0.4, -0.2) is 18.4 Å². The molecular formula is C12H16N2O2. The molecule has 4 heteroatoms. The monoisotopic (exact) mass is 220 g/mol. The lowest BCUT2D eigenvalue weighted by atomic mass is 10.2. The molecule has 0 aliphatic heterocycles. The van der Waals surface area contributed by atoms with Gasteiger partial charge >= 0.3 is 11.8 Å². The number of hydrogen-bond donors (Lipinski definition) is 2. The number of aryl methyl sites for hydroxylation is 1. The lowest BCUT2D eigenvalue weighted by Crippen LogP contribution is -2.35. The van der Waals surface area contributed by atoms with E-state index in [2.05, 4.69) is 10.6 Å². The highest BCUT2D eigenvalue weighted by atomic mass is 16.2. The molecule has 2 amide bonds. The molecule has 1 aromatic rings. The maximum Gasteiger partial charge on any atom is 0.313 e. The molecule has 0 unspecified atom stereocenters. The summed E-state index contributed by atoms with van der Waals surface area (Å²) in [6.07, 6.45) is 0.809. The first-order chi connectivity index (χ1) is 7.65. The van der Waals surface area contributed by atoms with Gasteiger partial charge in [0.2, 0.25) is 0 Å². The van der Waals surface area contributed by atoms with Crippen LogP contribution in [0.2, 0.25) is 0 Å². The Labute approximate surface area is 95.0 Å². The molecule has 0 aromatic heterocycles. The van der Waals surface area contributed by atoms with Crippen LogP contribution < -0.4 is 10.6 Å². The molecule has 0 aliphatic carbocycles. The summed E-state index contributed by atoms with van der Waals surface area (Å²) in [4.78, 5) is 22.7. The van der Waals surface area contributed by atoms with Gasteiger partial charge in [-0.15, -0.1) is 0 Å². The molecule has 0 heterocycles. The van der Waals surface area contributed by atoms with Crippen molar-refractivity contribution in [2.75, 3.05) is 11.9 Å². The Kier molecular flexibility index (Phi) is 4.51. The van der Waals surface area contributed by atoms with Gasteiger partial charge < -0.3 is 10.6 Å². The first-order valence-electron chi connectivity index (χ1n) is 5.30. The average Bonchev–Trinajstić information content (AvgIpc) is 2.28. The van der Waals surface area contributed by atoms with E-state index in [0.717, 1.165) is 12.0 Å². The van der Waals surface area contributed by atoms with E-state index in [1.165, 1.54) is 0 Å². The molecule has 16 heavy (non-hydrogen) atoms. The van der Waals surface area contributed by atoms with E-state index in [1.807, 2.05) is 32.0 Å². The molecule has 86 valence electrons. The fourth-order valence-corrected chi connectivity index (χ4v) is 1.21. The molecule has 0 atom stereocenters. The van der Waals surface area contributed by atoms with E-state index < -0.39 is 11.8 Å². The Morgan fingerprint density at radius 3 is 2.50 bits per heavy atom. The van der Waals surface area contributed by atoms with Gasteiger partial charge in [-0.3, -0.25) is 9.59 Å². The van der Waals surface area contributed by atoms with E-state index in [4.69, 9.17) is 0 Å². The van der Waals surface area contributed by atoms with Crippen LogP contribution in [0.4, 0.5) is 5.69 Å². The molecule has 1 rings (SSSR count). The number of benzene rings is 1. The number of hydrogen-bond acceptors (Lipinski definition) is 2. The minimum absolute atomic E-state index is 0.514. The molecule has 0 spiro atoms. The summed E-state index contributed by atoms with van der Waals surface area (Å²) in [7, 11) is 0. The van der Waals surface area contributed by atoms with Crippen LogP contribution in [0.15, 0.2) is 24.3 Å². The average molecular weight is 220 g/mol. The van der Waals surface area contributed by atoms with Crippen molar-refractivity contribution < 1.29 is 9.59 Å². The number of rotatable bonds is 3. The highest BCUT2D eigenvalue weighted by molar-refractivity contribution is 6.39. The van der Waals surface area contributed by atoms with Gasteiger partial charge in [0.1, 0.15) is 0 Å². The second-order valence-electron chi connectivity index (χ2n) is 3.52. The smallest absolute Gasteiger partial charge is 0.313 e. The molecule has 2 N–H and O–H groups in total. The highest BCUT2D eigenvalue weighted by Crippen LogP contribution is 2.12. The van der Waals surface area contributed by atoms with Crippen molar-refractivity contribution in [1.29, 1.82) is 0 Å². The van der Waals surface area contributed by atoms with Gasteiger partial charge in [-0.25, -0.2) is 0 Å². The highest BCUT2D eigenvalue weighted by Gasteiger charge is 2.13. The zero-order valence-electron chi connectivity index (χ0n) is 9.54. The third kappa shape index (κ3) is 3.38. The summed E-state index contributed by atoms with van der Waals surface area (Å²) in [6, 6.07) is 7.33. The van der Waals surface area contributed by atoms with E-state index in [1.54, 1.807) is 6.07 Å². The Hall–Kier alpha value is -1.84. The Bertz CT molecular complexity index is 388. The number of carbonyl (C=O) groups excluding carboxylic acids is 2. The molecule has 0 saturated carbocycles. The van der Waals surface area contributed by atoms with Crippen molar-refractivity contribution in [1.82, 2.24) is 5.32 Å². The number of anilines is 1. The van der Waals surface area contributed by atoms with Crippen LogP contribution in [0, 0.1) is 6.92 Å². The summed E-state index contributed by atoms with van der Waals surface area (Å²) in [5.41, 5.74) is 1.60. The minimum atomic E-state index is -0.622. The maximum absolute atomic E-state index is 11.4. The Morgan fingerprint density at radius 2 is 1.88 bits per heavy atom. The van der Waals surface area contributed by atoms with Gasteiger partial charge in [-0.1, -0.05) is 25.1 Å². The summed E-state index contributed by atoms with van der Waals surface area (Å²) in [5, 5.41) is 5.09. The van der Waals surface area contributed by atoms with Crippen LogP contribution in [0.5, 0.6) is 0 Å². The lowest BCUT2D eigenvalue weighted by molar-refractivity contribution is -0.136. The van der Waals surface area contributed by atoms with Gasteiger partial charge in [-0.2, -0.15) is 0 Å². The zero-order valence-corrected chi connectivity index (χ0v) is 9.54. The summed E-state index contributed by atoms with van der Waals surface area (Å²) < 4.78 is 0. The standard InChI is InChI=1S/C12H16N2O2/c1-3-8-13-11(15)12(16)14-10-7-5-4-6-9(10)2/h4-7H,3,8H2,1-2H3,(H,13,15)(H,14,16). The van der Waals surface area contributed by atoms with Gasteiger partial charge in [0, 0.05) is 12.2 Å². The van der Waals surface area contributed by atoms with Crippen molar-refractivity contribution in [2.24, 2.45) is 0 Å². The number of nitrogens with one attached hydrogen (secondary N) is 2. The van der Waals surface area contributed by atoms with Gasteiger partial charge in [0.15, 0.2) is 0 Å². The number of para-hydroxylation sites is 1. The second kappa shape index (κ2) is 5.90. The van der Waals surface area contributed by atoms with Crippen LogP contribution in [0.3, 0.4) is 0 Å². The van der Waals surface area contributed by atoms with Crippen LogP contribution in [0.1, 0.15) is 18.9 Å². The third-order valence-electron chi connectivity index (χ3n) is 2.14. The molecule has 0 bridgehead atoms. The second-order valence-corrected chi connectivity index (χ2v) is 3.52. The van der Waals surface area contributed by atoms with Crippen molar-refractivity contribution in [3.05, 3.63) is 29.8 Å². The maximum atomic E-state index is 11.4. The van der Waals surface area contributed by atoms with E-state index in [-0.39, 0.29) is 0 Å². The van der Waals surface area contributed by atoms with Gasteiger partial charge in [0.05, 0.1) is 0 Å². The minimum Gasteiger partial charge on any atom is -0.348 e. The van der Waals surface area contributed by atoms with E-state index in [9.17, 15) is 9.59 Å². The van der Waals surface area contributed by atoms with E-state index >= 15 is 0 Å². The van der Waals surface area contributed by atoms with Gasteiger partial charge in [0.25, 0.3) is 0 Å². The predicted octanol–water partition coefficient (Wildman–Crippen LogP) is 1.46. The normalized spacial score (nSPS) is 9.62. The van der Waals surface area contributed by atoms with Crippen LogP contribution >= 0.6 is 0 Å². The zero-order chi connectivity index (χ0) is 12.0. The topological polar surface area (TPSA) is 58.2 Å². The van der Waals surface area contributed by atoms with Crippen molar-refractivity contribution in [3.8, 4) is 0 Å². The molecule has 1 aromatic carbocycles. The third-order valence-corrected chi connectivity index (χ3v) is 2.14. The van der Waals surface area contributed by atoms with Crippen molar-refractivity contribution in [2.45, 2.75) is 20.3 Å². The Balaban J connectivity index is 2.58. The summed E-state index contributed by atoms with van der Waals surface area (Å²) >= 11 is 0. The molecule has 4 nitrogen and oxygen atoms in total. The predicted molar refractivity (Wildman–Crippen MR) is 63.1 cm³/mol. The van der Waals surface area contributed by atoms with Crippen LogP contribution in [0.25, 0.3) is 0 Å².